The highest BCUT2D eigenvalue weighted by molar-refractivity contribution is 7.76. The number of unbranched alkanes of at least 4 members (excludes halogenated alkanes) is 15. The number of benzene rings is 1. The minimum absolute atomic E-state index is 0.0649. The standard InChI is InChI=1S/C33H60O2P/c1-4-7-10-13-16-22-27-36(28-23-17-14-11-8-5-2,29-24-18-15-12-9-6-3)31-33(34)35-30-32-25-20-19-21-26-32/h19-21,25-26H,4-18,22-24,27-31H2,1-3H3/q+1. The molecule has 0 radical (unpaired) electrons. The minimum Gasteiger partial charge on any atom is -0.458 e. The van der Waals surface area contributed by atoms with Crippen LogP contribution in [0.4, 0.5) is 0 Å². The fourth-order valence-corrected chi connectivity index (χ4v) is 9.78. The van der Waals surface area contributed by atoms with Gasteiger partial charge in [-0.05, 0) is 44.1 Å². The van der Waals surface area contributed by atoms with Crippen molar-refractivity contribution in [3.63, 3.8) is 0 Å². The summed E-state index contributed by atoms with van der Waals surface area (Å²) in [6.45, 7) is 7.29. The van der Waals surface area contributed by atoms with Crippen molar-refractivity contribution < 1.29 is 9.53 Å². The first kappa shape index (κ1) is 33.1. The van der Waals surface area contributed by atoms with Gasteiger partial charge in [-0.3, -0.25) is 0 Å². The quantitative estimate of drug-likeness (QED) is 0.0729. The highest BCUT2D eigenvalue weighted by Gasteiger charge is 2.39. The summed E-state index contributed by atoms with van der Waals surface area (Å²) in [5, 5.41) is 0. The summed E-state index contributed by atoms with van der Waals surface area (Å²) in [5.74, 6) is 0.0649. The van der Waals surface area contributed by atoms with Crippen LogP contribution >= 0.6 is 7.26 Å². The van der Waals surface area contributed by atoms with Gasteiger partial charge in [0.25, 0.3) is 0 Å². The molecule has 36 heavy (non-hydrogen) atoms. The first-order valence-corrected chi connectivity index (χ1v) is 18.2. The Hall–Kier alpha value is -0.880. The van der Waals surface area contributed by atoms with Gasteiger partial charge in [-0.2, -0.15) is 0 Å². The zero-order valence-corrected chi connectivity index (χ0v) is 25.3. The molecule has 0 saturated heterocycles. The minimum atomic E-state index is -1.31. The Morgan fingerprint density at radius 1 is 0.583 bits per heavy atom. The number of hydrogen-bond donors (Lipinski definition) is 0. The van der Waals surface area contributed by atoms with Gasteiger partial charge in [-0.25, -0.2) is 4.79 Å². The molecule has 208 valence electrons. The van der Waals surface area contributed by atoms with E-state index in [-0.39, 0.29) is 5.97 Å². The first-order chi connectivity index (χ1) is 17.7. The van der Waals surface area contributed by atoms with Crippen LogP contribution in [0.3, 0.4) is 0 Å². The van der Waals surface area contributed by atoms with E-state index in [0.717, 1.165) is 11.7 Å². The predicted octanol–water partition coefficient (Wildman–Crippen LogP) is 10.8. The number of rotatable bonds is 25. The van der Waals surface area contributed by atoms with E-state index in [1.165, 1.54) is 134 Å². The van der Waals surface area contributed by atoms with E-state index in [2.05, 4.69) is 32.9 Å². The van der Waals surface area contributed by atoms with Crippen LogP contribution in [-0.4, -0.2) is 30.6 Å². The van der Waals surface area contributed by atoms with E-state index in [4.69, 9.17) is 4.74 Å². The van der Waals surface area contributed by atoms with Gasteiger partial charge < -0.3 is 4.74 Å². The number of ether oxygens (including phenoxy) is 1. The molecule has 0 fully saturated rings. The Labute approximate surface area is 226 Å². The third-order valence-corrected chi connectivity index (χ3v) is 12.4. The summed E-state index contributed by atoms with van der Waals surface area (Å²) in [5.41, 5.74) is 1.09. The van der Waals surface area contributed by atoms with Crippen LogP contribution in [0.5, 0.6) is 0 Å². The van der Waals surface area contributed by atoms with Crippen LogP contribution in [0.15, 0.2) is 30.3 Å². The van der Waals surface area contributed by atoms with Gasteiger partial charge in [-0.15, -0.1) is 0 Å². The second-order valence-corrected chi connectivity index (χ2v) is 15.5. The molecule has 0 unspecified atom stereocenters. The van der Waals surface area contributed by atoms with Crippen molar-refractivity contribution in [2.45, 2.75) is 143 Å². The van der Waals surface area contributed by atoms with Crippen LogP contribution in [0.2, 0.25) is 0 Å². The average molecular weight is 520 g/mol. The van der Waals surface area contributed by atoms with Gasteiger partial charge in [0.15, 0.2) is 6.16 Å². The topological polar surface area (TPSA) is 26.3 Å². The van der Waals surface area contributed by atoms with Crippen molar-refractivity contribution >= 4 is 13.2 Å². The zero-order valence-electron chi connectivity index (χ0n) is 24.4. The number of carbonyl (C=O) groups excluding carboxylic acids is 1. The van der Waals surface area contributed by atoms with E-state index in [9.17, 15) is 4.79 Å². The number of carbonyl (C=O) groups is 1. The second-order valence-electron chi connectivity index (χ2n) is 11.1. The molecule has 1 rings (SSSR count). The van der Waals surface area contributed by atoms with E-state index >= 15 is 0 Å². The molecule has 0 aliphatic carbocycles. The lowest BCUT2D eigenvalue weighted by Crippen LogP contribution is -2.20. The monoisotopic (exact) mass is 519 g/mol. The fourth-order valence-electron chi connectivity index (χ4n) is 5.31. The van der Waals surface area contributed by atoms with Gasteiger partial charge in [0.05, 0.1) is 18.5 Å². The van der Waals surface area contributed by atoms with Crippen molar-refractivity contribution in [2.24, 2.45) is 0 Å². The zero-order chi connectivity index (χ0) is 26.2. The van der Waals surface area contributed by atoms with Crippen LogP contribution < -0.4 is 0 Å². The molecule has 0 atom stereocenters. The first-order valence-electron chi connectivity index (χ1n) is 15.7. The molecule has 3 heteroatoms. The summed E-state index contributed by atoms with van der Waals surface area (Å²) in [4.78, 5) is 13.2. The maximum atomic E-state index is 13.2. The van der Waals surface area contributed by atoms with Gasteiger partial charge in [0, 0.05) is 7.26 Å². The molecule has 2 nitrogen and oxygen atoms in total. The summed E-state index contributed by atoms with van der Waals surface area (Å²) < 4.78 is 5.85. The number of esters is 1. The molecular weight excluding hydrogens is 459 g/mol. The van der Waals surface area contributed by atoms with Crippen LogP contribution in [0.1, 0.15) is 142 Å². The van der Waals surface area contributed by atoms with Crippen molar-refractivity contribution in [2.75, 3.05) is 24.6 Å². The van der Waals surface area contributed by atoms with Gasteiger partial charge >= 0.3 is 5.97 Å². The van der Waals surface area contributed by atoms with Crippen molar-refractivity contribution in [3.05, 3.63) is 35.9 Å². The fraction of sp³-hybridized carbons (Fsp3) is 0.788. The third-order valence-electron chi connectivity index (χ3n) is 7.67. The Bertz CT molecular complexity index is 575. The molecule has 0 bridgehead atoms. The SMILES string of the molecule is CCCCCCCC[P+](CCCCCCCC)(CCCCCCCC)CC(=O)OCc1ccccc1. The predicted molar refractivity (Wildman–Crippen MR) is 163 cm³/mol. The van der Waals surface area contributed by atoms with E-state index in [1.54, 1.807) is 0 Å². The molecule has 0 aromatic heterocycles. The third kappa shape index (κ3) is 17.6. The average Bonchev–Trinajstić information content (AvgIpc) is 2.89. The molecule has 0 saturated carbocycles. The van der Waals surface area contributed by atoms with Gasteiger partial charge in [-0.1, -0.05) is 128 Å². The highest BCUT2D eigenvalue weighted by atomic mass is 31.2. The maximum absolute atomic E-state index is 13.2. The van der Waals surface area contributed by atoms with E-state index in [1.807, 2.05) is 18.2 Å². The molecule has 1 aromatic rings. The van der Waals surface area contributed by atoms with Gasteiger partial charge in [0.2, 0.25) is 0 Å². The van der Waals surface area contributed by atoms with Crippen LogP contribution in [-0.2, 0) is 16.1 Å². The largest absolute Gasteiger partial charge is 0.458 e. The molecule has 0 heterocycles. The second kappa shape index (κ2) is 23.3. The summed E-state index contributed by atoms with van der Waals surface area (Å²) >= 11 is 0. The summed E-state index contributed by atoms with van der Waals surface area (Å²) in [7, 11) is -1.31. The van der Waals surface area contributed by atoms with Crippen LogP contribution in [0, 0.1) is 0 Å². The normalized spacial score (nSPS) is 11.6. The Morgan fingerprint density at radius 2 is 0.972 bits per heavy atom. The molecule has 0 spiro atoms. The van der Waals surface area contributed by atoms with Crippen LogP contribution in [0.25, 0.3) is 0 Å². The molecular formula is C33H60O2P+. The van der Waals surface area contributed by atoms with Crippen molar-refractivity contribution in [1.82, 2.24) is 0 Å². The Morgan fingerprint density at radius 3 is 1.39 bits per heavy atom. The molecule has 0 amide bonds. The number of hydrogen-bond acceptors (Lipinski definition) is 2. The summed E-state index contributed by atoms with van der Waals surface area (Å²) in [6, 6.07) is 10.2. The lowest BCUT2D eigenvalue weighted by molar-refractivity contribution is -0.141. The lowest BCUT2D eigenvalue weighted by atomic mass is 10.1. The Balaban J connectivity index is 2.75. The van der Waals surface area contributed by atoms with E-state index < -0.39 is 7.26 Å². The molecule has 0 N–H and O–H groups in total. The Kier molecular flexibility index (Phi) is 21.4. The van der Waals surface area contributed by atoms with Gasteiger partial charge in [0.1, 0.15) is 6.61 Å². The highest BCUT2D eigenvalue weighted by Crippen LogP contribution is 2.61. The van der Waals surface area contributed by atoms with E-state index in [0.29, 0.717) is 6.61 Å². The molecule has 1 aromatic carbocycles. The van der Waals surface area contributed by atoms with Crippen molar-refractivity contribution in [1.29, 1.82) is 0 Å². The lowest BCUT2D eigenvalue weighted by Gasteiger charge is -2.27. The molecule has 0 aliphatic heterocycles. The smallest absolute Gasteiger partial charge is 0.344 e. The molecule has 0 aliphatic rings. The van der Waals surface area contributed by atoms with Crippen molar-refractivity contribution in [3.8, 4) is 0 Å². The maximum Gasteiger partial charge on any atom is 0.344 e. The summed E-state index contributed by atoms with van der Waals surface area (Å²) in [6.07, 6.45) is 28.8.